The summed E-state index contributed by atoms with van der Waals surface area (Å²) in [6, 6.07) is 1.84. The number of rotatable bonds is 1. The van der Waals surface area contributed by atoms with E-state index < -0.39 is 45.8 Å². The van der Waals surface area contributed by atoms with Gasteiger partial charge in [0.1, 0.15) is 18.3 Å². The SMILES string of the molecule is CC1(C)O[C@H]2CC(=O)OC[C@]23[C@H]2CC[C@@]4(C)[C@H](c5ccoc5)OC(=O)[C@H]5O[C@]54[C@@]2(C)[C@H](O)C[C@@H]13. The third-order valence-electron chi connectivity index (χ3n) is 11.0. The number of furan rings is 1. The average molecular weight is 473 g/mol. The van der Waals surface area contributed by atoms with Crippen LogP contribution in [0.3, 0.4) is 0 Å². The lowest BCUT2D eigenvalue weighted by atomic mass is 9.36. The number of aliphatic hydroxyl groups excluding tert-OH is 1. The van der Waals surface area contributed by atoms with E-state index >= 15 is 0 Å². The van der Waals surface area contributed by atoms with E-state index in [4.69, 9.17) is 23.4 Å². The van der Waals surface area contributed by atoms with Crippen LogP contribution >= 0.6 is 0 Å². The lowest BCUT2D eigenvalue weighted by Crippen LogP contribution is -2.73. The van der Waals surface area contributed by atoms with E-state index in [9.17, 15) is 14.7 Å². The Hall–Kier alpha value is -1.90. The molecule has 7 rings (SSSR count). The fourth-order valence-electron chi connectivity index (χ4n) is 9.62. The van der Waals surface area contributed by atoms with Gasteiger partial charge in [-0.1, -0.05) is 13.8 Å². The number of ether oxygens (including phenoxy) is 4. The van der Waals surface area contributed by atoms with Crippen molar-refractivity contribution in [2.45, 2.75) is 89.0 Å². The molecular weight excluding hydrogens is 440 g/mol. The zero-order valence-electron chi connectivity index (χ0n) is 20.0. The molecular formula is C26H32O8. The van der Waals surface area contributed by atoms with Gasteiger partial charge in [-0.05, 0) is 45.1 Å². The molecule has 184 valence electrons. The second kappa shape index (κ2) is 6.08. The van der Waals surface area contributed by atoms with Crippen molar-refractivity contribution in [1.82, 2.24) is 0 Å². The van der Waals surface area contributed by atoms with E-state index in [1.54, 1.807) is 12.5 Å². The maximum Gasteiger partial charge on any atom is 0.339 e. The number of carbonyl (C=O) groups excluding carboxylic acids is 2. The van der Waals surface area contributed by atoms with Crippen molar-refractivity contribution in [3.05, 3.63) is 24.2 Å². The van der Waals surface area contributed by atoms with Gasteiger partial charge in [0.05, 0.1) is 36.8 Å². The molecule has 34 heavy (non-hydrogen) atoms. The summed E-state index contributed by atoms with van der Waals surface area (Å²) >= 11 is 0. The largest absolute Gasteiger partial charge is 0.472 e. The molecule has 6 aliphatic rings. The summed E-state index contributed by atoms with van der Waals surface area (Å²) in [6.07, 6.45) is 3.27. The van der Waals surface area contributed by atoms with Gasteiger partial charge in [-0.2, -0.15) is 0 Å². The molecule has 10 atom stereocenters. The Balaban J connectivity index is 1.40. The minimum absolute atomic E-state index is 0.0318. The van der Waals surface area contributed by atoms with Crippen molar-refractivity contribution in [1.29, 1.82) is 0 Å². The van der Waals surface area contributed by atoms with Crippen molar-refractivity contribution in [3.8, 4) is 0 Å². The molecule has 0 unspecified atom stereocenters. The lowest BCUT2D eigenvalue weighted by molar-refractivity contribution is -0.261. The first kappa shape index (κ1) is 21.4. The third-order valence-corrected chi connectivity index (χ3v) is 11.0. The lowest BCUT2D eigenvalue weighted by Gasteiger charge is -2.67. The first-order valence-electron chi connectivity index (χ1n) is 12.4. The minimum Gasteiger partial charge on any atom is -0.472 e. The fourth-order valence-corrected chi connectivity index (χ4v) is 9.62. The molecule has 1 aromatic rings. The highest BCUT2D eigenvalue weighted by Gasteiger charge is 2.89. The number of carbonyl (C=O) groups is 2. The van der Waals surface area contributed by atoms with Gasteiger partial charge in [0.15, 0.2) is 6.10 Å². The molecule has 2 aliphatic carbocycles. The summed E-state index contributed by atoms with van der Waals surface area (Å²) in [5.41, 5.74) is -2.27. The summed E-state index contributed by atoms with van der Waals surface area (Å²) in [5, 5.41) is 11.9. The van der Waals surface area contributed by atoms with Gasteiger partial charge < -0.3 is 28.5 Å². The van der Waals surface area contributed by atoms with Crippen LogP contribution in [-0.2, 0) is 28.5 Å². The molecule has 0 bridgehead atoms. The van der Waals surface area contributed by atoms with Crippen LogP contribution in [0.15, 0.2) is 23.0 Å². The Morgan fingerprint density at radius 2 is 1.85 bits per heavy atom. The smallest absolute Gasteiger partial charge is 0.339 e. The van der Waals surface area contributed by atoms with Crippen molar-refractivity contribution in [2.75, 3.05) is 6.61 Å². The molecule has 1 N–H and O–H groups in total. The first-order valence-corrected chi connectivity index (χ1v) is 12.4. The number of hydrogen-bond donors (Lipinski definition) is 1. The fraction of sp³-hybridized carbons (Fsp3) is 0.769. The van der Waals surface area contributed by atoms with Crippen LogP contribution in [0.5, 0.6) is 0 Å². The monoisotopic (exact) mass is 472 g/mol. The summed E-state index contributed by atoms with van der Waals surface area (Å²) in [6.45, 7) is 8.63. The molecule has 8 nitrogen and oxygen atoms in total. The molecule has 0 aromatic carbocycles. The van der Waals surface area contributed by atoms with Gasteiger partial charge in [-0.3, -0.25) is 4.79 Å². The maximum absolute atomic E-state index is 13.2. The van der Waals surface area contributed by atoms with Gasteiger partial charge in [-0.25, -0.2) is 4.79 Å². The number of cyclic esters (lactones) is 2. The minimum atomic E-state index is -0.877. The Morgan fingerprint density at radius 3 is 2.59 bits per heavy atom. The van der Waals surface area contributed by atoms with Crippen LogP contribution in [0.2, 0.25) is 0 Å². The Morgan fingerprint density at radius 1 is 1.06 bits per heavy atom. The molecule has 2 saturated carbocycles. The number of hydrogen-bond acceptors (Lipinski definition) is 8. The first-order chi connectivity index (χ1) is 16.0. The van der Waals surface area contributed by atoms with Crippen molar-refractivity contribution < 1.29 is 38.1 Å². The Bertz CT molecular complexity index is 1080. The van der Waals surface area contributed by atoms with Gasteiger partial charge in [-0.15, -0.1) is 0 Å². The third kappa shape index (κ3) is 2.07. The molecule has 1 aromatic heterocycles. The molecule has 2 spiro atoms. The highest BCUT2D eigenvalue weighted by Crippen LogP contribution is 2.80. The van der Waals surface area contributed by atoms with Crippen LogP contribution < -0.4 is 0 Å². The predicted molar refractivity (Wildman–Crippen MR) is 115 cm³/mol. The van der Waals surface area contributed by atoms with Gasteiger partial charge in [0.25, 0.3) is 0 Å². The number of aliphatic hydroxyl groups is 1. The highest BCUT2D eigenvalue weighted by atomic mass is 16.7. The average Bonchev–Trinajstić information content (AvgIpc) is 3.26. The van der Waals surface area contributed by atoms with E-state index in [-0.39, 0.29) is 42.9 Å². The zero-order chi connectivity index (χ0) is 23.9. The van der Waals surface area contributed by atoms with E-state index in [1.165, 1.54) is 0 Å². The number of fused-ring (bicyclic) bond motifs is 1. The van der Waals surface area contributed by atoms with Gasteiger partial charge in [0.2, 0.25) is 0 Å². The Kier molecular flexibility index (Phi) is 3.82. The second-order valence-electron chi connectivity index (χ2n) is 12.4. The van der Waals surface area contributed by atoms with E-state index in [1.807, 2.05) is 6.07 Å². The topological polar surface area (TPSA) is 108 Å². The van der Waals surface area contributed by atoms with E-state index in [0.717, 1.165) is 18.4 Å². The molecule has 8 heteroatoms. The molecule has 6 fully saturated rings. The normalized spacial score (nSPS) is 54.5. The van der Waals surface area contributed by atoms with Crippen LogP contribution in [0.25, 0.3) is 0 Å². The Labute approximate surface area is 198 Å². The standard InChI is InChI=1S/C26H32O8/c1-22(2)15-9-16(27)24(4)14(25(15)12-31-18(28)10-17(25)33-22)5-7-23(3)19(13-6-8-30-11-13)32-21(29)20-26(23,24)34-20/h6,8,11,14-17,19-20,27H,5,7,9-10,12H2,1-4H3/t14-,15-,16+,17-,19-,20+,23-,24+,25+,26+/m0/s1. The highest BCUT2D eigenvalue weighted by molar-refractivity contribution is 5.82. The summed E-state index contributed by atoms with van der Waals surface area (Å²) in [5.74, 6) is -0.625. The second-order valence-corrected chi connectivity index (χ2v) is 12.4. The van der Waals surface area contributed by atoms with Crippen molar-refractivity contribution in [3.63, 3.8) is 0 Å². The van der Waals surface area contributed by atoms with Crippen LogP contribution in [0, 0.1) is 28.1 Å². The van der Waals surface area contributed by atoms with Crippen LogP contribution in [-0.4, -0.2) is 53.2 Å². The number of esters is 2. The molecule has 5 heterocycles. The molecule has 4 saturated heterocycles. The molecule has 0 amide bonds. The summed E-state index contributed by atoms with van der Waals surface area (Å²) < 4.78 is 30.0. The summed E-state index contributed by atoms with van der Waals surface area (Å²) in [4.78, 5) is 25.5. The van der Waals surface area contributed by atoms with Crippen LogP contribution in [0.4, 0.5) is 0 Å². The molecule has 0 radical (unpaired) electrons. The van der Waals surface area contributed by atoms with Crippen LogP contribution in [0.1, 0.15) is 65.0 Å². The van der Waals surface area contributed by atoms with Gasteiger partial charge in [0, 0.05) is 27.7 Å². The van der Waals surface area contributed by atoms with E-state index in [2.05, 4.69) is 27.7 Å². The van der Waals surface area contributed by atoms with Crippen molar-refractivity contribution in [2.24, 2.45) is 28.1 Å². The van der Waals surface area contributed by atoms with E-state index in [0.29, 0.717) is 6.42 Å². The molecule has 4 aliphatic heterocycles. The maximum atomic E-state index is 13.2. The van der Waals surface area contributed by atoms with Crippen molar-refractivity contribution >= 4 is 11.9 Å². The van der Waals surface area contributed by atoms with Gasteiger partial charge >= 0.3 is 11.9 Å². The zero-order valence-corrected chi connectivity index (χ0v) is 20.0. The quantitative estimate of drug-likeness (QED) is 0.491. The number of epoxide rings is 1. The summed E-state index contributed by atoms with van der Waals surface area (Å²) in [7, 11) is 0. The predicted octanol–water partition coefficient (Wildman–Crippen LogP) is 2.93.